The molecule has 2 atom stereocenters. The fraction of sp³-hybridized carbons (Fsp3) is 0.312. The van der Waals surface area contributed by atoms with Crippen molar-refractivity contribution in [2.24, 2.45) is 0 Å². The first kappa shape index (κ1) is 15.3. The molecule has 1 aliphatic carbocycles. The van der Waals surface area contributed by atoms with Gasteiger partial charge in [0, 0.05) is 16.9 Å². The Bertz CT molecular complexity index is 901. The smallest absolute Gasteiger partial charge is 0.236 e. The Morgan fingerprint density at radius 3 is 2.80 bits per heavy atom. The van der Waals surface area contributed by atoms with Gasteiger partial charge in [-0.25, -0.2) is 4.98 Å². The molecule has 0 bridgehead atoms. The summed E-state index contributed by atoms with van der Waals surface area (Å²) in [4.78, 5) is 19.0. The average Bonchev–Trinajstić information content (AvgIpc) is 3.07. The minimum Gasteiger partial charge on any atom is -0.497 e. The first-order valence-electron chi connectivity index (χ1n) is 7.69. The van der Waals surface area contributed by atoms with Crippen LogP contribution in [0.4, 0.5) is 0 Å². The Kier molecular flexibility index (Phi) is 3.68. The molecule has 1 fully saturated rings. The Hall–Kier alpha value is -3.23. The number of aromatic nitrogens is 3. The predicted octanol–water partition coefficient (Wildman–Crippen LogP) is 2.46. The summed E-state index contributed by atoms with van der Waals surface area (Å²) in [5.74, 6) is 1.71. The fourth-order valence-electron chi connectivity index (χ4n) is 2.59. The Morgan fingerprint density at radius 1 is 1.32 bits per heavy atom. The predicted molar refractivity (Wildman–Crippen MR) is 83.7 cm³/mol. The normalized spacial score (nSPS) is 18.9. The van der Waals surface area contributed by atoms with E-state index in [1.54, 1.807) is 7.11 Å². The van der Waals surface area contributed by atoms with E-state index in [1.165, 1.54) is 6.26 Å². The highest BCUT2D eigenvalue weighted by molar-refractivity contribution is 5.54. The van der Waals surface area contributed by atoms with Crippen LogP contribution in [-0.2, 0) is 6.42 Å². The molecule has 0 aliphatic heterocycles. The molecule has 3 aromatic rings. The zero-order chi connectivity index (χ0) is 17.4. The monoisotopic (exact) mass is 342 g/mol. The lowest BCUT2D eigenvalue weighted by molar-refractivity contribution is -0.496. The lowest BCUT2D eigenvalue weighted by Crippen LogP contribution is -2.03. The number of rotatable bonds is 6. The van der Waals surface area contributed by atoms with Crippen LogP contribution < -0.4 is 4.74 Å². The van der Waals surface area contributed by atoms with E-state index >= 15 is 0 Å². The van der Waals surface area contributed by atoms with E-state index in [9.17, 15) is 10.1 Å². The third-order valence-corrected chi connectivity index (χ3v) is 4.06. The quantitative estimate of drug-likeness (QED) is 0.495. The van der Waals surface area contributed by atoms with E-state index < -0.39 is 6.04 Å². The third-order valence-electron chi connectivity index (χ3n) is 4.06. The molecule has 128 valence electrons. The van der Waals surface area contributed by atoms with Gasteiger partial charge >= 0.3 is 0 Å². The van der Waals surface area contributed by atoms with Crippen molar-refractivity contribution in [3.8, 4) is 17.2 Å². The van der Waals surface area contributed by atoms with Crippen molar-refractivity contribution in [3.05, 3.63) is 58.1 Å². The molecule has 25 heavy (non-hydrogen) atoms. The molecule has 2 aromatic heterocycles. The number of hydrogen-bond acceptors (Lipinski definition) is 8. The van der Waals surface area contributed by atoms with E-state index in [4.69, 9.17) is 13.7 Å². The molecule has 0 N–H and O–H groups in total. The zero-order valence-electron chi connectivity index (χ0n) is 13.3. The van der Waals surface area contributed by atoms with Crippen LogP contribution >= 0.6 is 0 Å². The van der Waals surface area contributed by atoms with Gasteiger partial charge in [0.2, 0.25) is 17.8 Å². The van der Waals surface area contributed by atoms with Gasteiger partial charge in [0.15, 0.2) is 5.82 Å². The standard InChI is InChI=1S/C16H14N4O5/c1-23-11-4-2-9(3-5-11)15-17-10(8-24-15)6-14-18-16(25-19-14)12-7-13(12)20(21)22/h2-5,8,12-13H,6-7H2,1H3/t12-,13-/m1/s1. The van der Waals surface area contributed by atoms with Crippen LogP contribution in [0.1, 0.15) is 29.7 Å². The van der Waals surface area contributed by atoms with E-state index in [2.05, 4.69) is 15.1 Å². The van der Waals surface area contributed by atoms with Gasteiger partial charge in [0.25, 0.3) is 0 Å². The first-order valence-corrected chi connectivity index (χ1v) is 7.69. The Labute approximate surface area is 141 Å². The van der Waals surface area contributed by atoms with Crippen molar-refractivity contribution in [3.63, 3.8) is 0 Å². The van der Waals surface area contributed by atoms with Crippen molar-refractivity contribution < 1.29 is 18.6 Å². The topological polar surface area (TPSA) is 117 Å². The van der Waals surface area contributed by atoms with Crippen molar-refractivity contribution in [2.45, 2.75) is 24.8 Å². The van der Waals surface area contributed by atoms with Crippen LogP contribution in [-0.4, -0.2) is 33.2 Å². The summed E-state index contributed by atoms with van der Waals surface area (Å²) >= 11 is 0. The molecule has 0 amide bonds. The van der Waals surface area contributed by atoms with Crippen LogP contribution in [0.5, 0.6) is 5.75 Å². The summed E-state index contributed by atoms with van der Waals surface area (Å²) in [5, 5.41) is 14.6. The van der Waals surface area contributed by atoms with E-state index in [1.807, 2.05) is 24.3 Å². The summed E-state index contributed by atoms with van der Waals surface area (Å²) in [6, 6.07) is 6.75. The number of nitro groups is 1. The average molecular weight is 342 g/mol. The molecule has 2 heterocycles. The molecule has 0 unspecified atom stereocenters. The summed E-state index contributed by atoms with van der Waals surface area (Å²) in [6.45, 7) is 0. The van der Waals surface area contributed by atoms with Crippen molar-refractivity contribution in [2.75, 3.05) is 7.11 Å². The second-order valence-corrected chi connectivity index (χ2v) is 5.79. The Morgan fingerprint density at radius 2 is 2.12 bits per heavy atom. The number of ether oxygens (including phenoxy) is 1. The van der Waals surface area contributed by atoms with Crippen LogP contribution in [0.15, 0.2) is 39.5 Å². The van der Waals surface area contributed by atoms with Gasteiger partial charge in [-0.2, -0.15) is 4.98 Å². The van der Waals surface area contributed by atoms with Crippen molar-refractivity contribution in [1.82, 2.24) is 15.1 Å². The van der Waals surface area contributed by atoms with Gasteiger partial charge in [-0.3, -0.25) is 10.1 Å². The van der Waals surface area contributed by atoms with Gasteiger partial charge in [-0.05, 0) is 24.3 Å². The third kappa shape index (κ3) is 3.08. The van der Waals surface area contributed by atoms with Gasteiger partial charge in [-0.15, -0.1) is 0 Å². The number of nitrogens with zero attached hydrogens (tertiary/aromatic N) is 4. The second-order valence-electron chi connectivity index (χ2n) is 5.79. The molecule has 0 spiro atoms. The lowest BCUT2D eigenvalue weighted by Gasteiger charge is -1.99. The van der Waals surface area contributed by atoms with Crippen LogP contribution in [0, 0.1) is 10.1 Å². The van der Waals surface area contributed by atoms with Crippen molar-refractivity contribution in [1.29, 1.82) is 0 Å². The van der Waals surface area contributed by atoms with E-state index in [0.717, 1.165) is 11.3 Å². The molecular formula is C16H14N4O5. The summed E-state index contributed by atoms with van der Waals surface area (Å²) < 4.78 is 15.7. The number of hydrogen-bond donors (Lipinski definition) is 0. The lowest BCUT2D eigenvalue weighted by atomic mass is 10.2. The van der Waals surface area contributed by atoms with Crippen molar-refractivity contribution >= 4 is 0 Å². The van der Waals surface area contributed by atoms with Gasteiger partial charge in [-0.1, -0.05) is 5.16 Å². The molecule has 4 rings (SSSR count). The van der Waals surface area contributed by atoms with Gasteiger partial charge in [0.1, 0.15) is 17.9 Å². The molecule has 1 aliphatic rings. The molecule has 9 heteroatoms. The van der Waals surface area contributed by atoms with Crippen LogP contribution in [0.2, 0.25) is 0 Å². The minimum absolute atomic E-state index is 0.275. The second kappa shape index (κ2) is 6.00. The maximum Gasteiger partial charge on any atom is 0.236 e. The van der Waals surface area contributed by atoms with Crippen LogP contribution in [0.25, 0.3) is 11.5 Å². The zero-order valence-corrected chi connectivity index (χ0v) is 13.3. The largest absolute Gasteiger partial charge is 0.497 e. The van der Waals surface area contributed by atoms with Crippen LogP contribution in [0.3, 0.4) is 0 Å². The molecule has 0 saturated heterocycles. The molecular weight excluding hydrogens is 328 g/mol. The number of oxazole rings is 1. The summed E-state index contributed by atoms with van der Waals surface area (Å²) in [6.07, 6.45) is 2.31. The first-order chi connectivity index (χ1) is 12.1. The van der Waals surface area contributed by atoms with Gasteiger partial charge in [0.05, 0.1) is 19.2 Å². The van der Waals surface area contributed by atoms with E-state index in [-0.39, 0.29) is 10.8 Å². The maximum absolute atomic E-state index is 10.7. The highest BCUT2D eigenvalue weighted by atomic mass is 16.6. The highest BCUT2D eigenvalue weighted by Crippen LogP contribution is 2.41. The van der Waals surface area contributed by atoms with Gasteiger partial charge < -0.3 is 13.7 Å². The molecule has 0 radical (unpaired) electrons. The molecule has 1 aromatic carbocycles. The SMILES string of the molecule is COc1ccc(-c2nc(Cc3noc([C@@H]4C[C@H]4[N+](=O)[O-])n3)co2)cc1. The highest BCUT2D eigenvalue weighted by Gasteiger charge is 2.53. The number of benzene rings is 1. The molecule has 9 nitrogen and oxygen atoms in total. The summed E-state index contributed by atoms with van der Waals surface area (Å²) in [5.41, 5.74) is 1.48. The molecule has 1 saturated carbocycles. The fourth-order valence-corrected chi connectivity index (χ4v) is 2.59. The number of methoxy groups -OCH3 is 1. The van der Waals surface area contributed by atoms with E-state index in [0.29, 0.717) is 36.1 Å². The Balaban J connectivity index is 1.44. The maximum atomic E-state index is 10.7. The minimum atomic E-state index is -0.609. The summed E-state index contributed by atoms with van der Waals surface area (Å²) in [7, 11) is 1.60.